The Hall–Kier alpha value is -1.30. The van der Waals surface area contributed by atoms with Gasteiger partial charge in [-0.3, -0.25) is 4.90 Å². The summed E-state index contributed by atoms with van der Waals surface area (Å²) in [5, 5.41) is 11.4. The van der Waals surface area contributed by atoms with E-state index in [9.17, 15) is 5.11 Å². The summed E-state index contributed by atoms with van der Waals surface area (Å²) in [5.74, 6) is 6.89. The highest BCUT2D eigenvalue weighted by molar-refractivity contribution is 5.33. The molecule has 124 valence electrons. The molecule has 1 saturated heterocycles. The number of hydrogen-bond donors (Lipinski definition) is 1. The Labute approximate surface area is 140 Å². The Bertz CT molecular complexity index is 530. The maximum Gasteiger partial charge on any atom is 0.153 e. The minimum absolute atomic E-state index is 0.279. The van der Waals surface area contributed by atoms with E-state index in [2.05, 4.69) is 16.7 Å². The minimum Gasteiger partial charge on any atom is -0.373 e. The van der Waals surface area contributed by atoms with E-state index in [1.165, 1.54) is 38.5 Å². The molecule has 2 fully saturated rings. The lowest BCUT2D eigenvalue weighted by atomic mass is 9.80. The number of likely N-dealkylation sites (tertiary alicyclic amines) is 1. The van der Waals surface area contributed by atoms with Crippen LogP contribution in [0.2, 0.25) is 0 Å². The van der Waals surface area contributed by atoms with E-state index < -0.39 is 5.60 Å². The first-order valence-electron chi connectivity index (χ1n) is 9.29. The SMILES string of the molecule is OC(C#CCN1CCCCCC1)(c1ccccc1)C1CCCC1. The first kappa shape index (κ1) is 16.6. The van der Waals surface area contributed by atoms with E-state index in [4.69, 9.17) is 0 Å². The Kier molecular flexibility index (Phi) is 5.75. The number of nitrogens with zero attached hydrogens (tertiary/aromatic N) is 1. The third kappa shape index (κ3) is 4.16. The lowest BCUT2D eigenvalue weighted by Crippen LogP contribution is -2.33. The lowest BCUT2D eigenvalue weighted by Gasteiger charge is -2.29. The third-order valence-electron chi connectivity index (χ3n) is 5.44. The van der Waals surface area contributed by atoms with E-state index in [-0.39, 0.29) is 5.92 Å². The zero-order valence-corrected chi connectivity index (χ0v) is 14.1. The van der Waals surface area contributed by atoms with E-state index in [1.807, 2.05) is 30.3 Å². The number of benzene rings is 1. The first-order valence-corrected chi connectivity index (χ1v) is 9.29. The molecular formula is C21H29NO. The molecular weight excluding hydrogens is 282 g/mol. The molecule has 1 atom stereocenters. The fraction of sp³-hybridized carbons (Fsp3) is 0.619. The van der Waals surface area contributed by atoms with Crippen LogP contribution < -0.4 is 0 Å². The van der Waals surface area contributed by atoms with Gasteiger partial charge in [0.15, 0.2) is 5.60 Å². The predicted molar refractivity (Wildman–Crippen MR) is 95.0 cm³/mol. The largest absolute Gasteiger partial charge is 0.373 e. The molecule has 3 rings (SSSR count). The topological polar surface area (TPSA) is 23.5 Å². The fourth-order valence-electron chi connectivity index (χ4n) is 4.03. The van der Waals surface area contributed by atoms with Gasteiger partial charge in [-0.15, -0.1) is 0 Å². The predicted octanol–water partition coefficient (Wildman–Crippen LogP) is 3.94. The van der Waals surface area contributed by atoms with Crippen molar-refractivity contribution < 1.29 is 5.11 Å². The van der Waals surface area contributed by atoms with Crippen LogP contribution in [0.3, 0.4) is 0 Å². The van der Waals surface area contributed by atoms with Gasteiger partial charge in [0.05, 0.1) is 6.54 Å². The summed E-state index contributed by atoms with van der Waals surface area (Å²) in [4.78, 5) is 2.44. The van der Waals surface area contributed by atoms with Crippen LogP contribution in [-0.2, 0) is 5.60 Å². The van der Waals surface area contributed by atoms with Crippen LogP contribution in [0.15, 0.2) is 30.3 Å². The van der Waals surface area contributed by atoms with Crippen LogP contribution >= 0.6 is 0 Å². The summed E-state index contributed by atoms with van der Waals surface area (Å²) in [7, 11) is 0. The van der Waals surface area contributed by atoms with Gasteiger partial charge in [-0.25, -0.2) is 0 Å². The summed E-state index contributed by atoms with van der Waals surface area (Å²) in [6.07, 6.45) is 9.87. The Morgan fingerprint density at radius 2 is 1.61 bits per heavy atom. The molecule has 1 aliphatic heterocycles. The molecule has 0 aromatic heterocycles. The maximum absolute atomic E-state index is 11.4. The maximum atomic E-state index is 11.4. The van der Waals surface area contributed by atoms with E-state index >= 15 is 0 Å². The van der Waals surface area contributed by atoms with Crippen molar-refractivity contribution in [1.82, 2.24) is 4.90 Å². The molecule has 0 radical (unpaired) electrons. The number of rotatable bonds is 3. The zero-order valence-electron chi connectivity index (χ0n) is 14.1. The second kappa shape index (κ2) is 7.99. The summed E-state index contributed by atoms with van der Waals surface area (Å²) in [6, 6.07) is 10.1. The van der Waals surface area contributed by atoms with Gasteiger partial charge < -0.3 is 5.11 Å². The average Bonchev–Trinajstić information content (AvgIpc) is 3.02. The van der Waals surface area contributed by atoms with Crippen molar-refractivity contribution in [2.24, 2.45) is 5.92 Å². The number of hydrogen-bond acceptors (Lipinski definition) is 2. The summed E-state index contributed by atoms with van der Waals surface area (Å²) in [6.45, 7) is 3.10. The normalized spacial score (nSPS) is 22.8. The molecule has 1 aliphatic carbocycles. The highest BCUT2D eigenvalue weighted by atomic mass is 16.3. The van der Waals surface area contributed by atoms with Gasteiger partial charge in [0.25, 0.3) is 0 Å². The molecule has 2 heteroatoms. The molecule has 0 bridgehead atoms. The molecule has 0 amide bonds. The summed E-state index contributed by atoms with van der Waals surface area (Å²) < 4.78 is 0. The molecule has 2 nitrogen and oxygen atoms in total. The van der Waals surface area contributed by atoms with Crippen LogP contribution in [0.25, 0.3) is 0 Å². The van der Waals surface area contributed by atoms with Crippen molar-refractivity contribution in [2.75, 3.05) is 19.6 Å². The molecule has 23 heavy (non-hydrogen) atoms. The molecule has 1 heterocycles. The zero-order chi connectivity index (χ0) is 16.0. The van der Waals surface area contributed by atoms with Gasteiger partial charge in [-0.2, -0.15) is 0 Å². The van der Waals surface area contributed by atoms with Crippen LogP contribution in [0.1, 0.15) is 56.9 Å². The molecule has 1 aromatic rings. The Morgan fingerprint density at radius 1 is 0.957 bits per heavy atom. The van der Waals surface area contributed by atoms with Crippen molar-refractivity contribution in [1.29, 1.82) is 0 Å². The smallest absolute Gasteiger partial charge is 0.153 e. The van der Waals surface area contributed by atoms with E-state index in [1.54, 1.807) is 0 Å². The van der Waals surface area contributed by atoms with Gasteiger partial charge in [-0.1, -0.05) is 67.9 Å². The van der Waals surface area contributed by atoms with Crippen LogP contribution in [0.4, 0.5) is 0 Å². The van der Waals surface area contributed by atoms with Crippen molar-refractivity contribution in [3.05, 3.63) is 35.9 Å². The third-order valence-corrected chi connectivity index (χ3v) is 5.44. The van der Waals surface area contributed by atoms with Gasteiger partial charge in [0.2, 0.25) is 0 Å². The lowest BCUT2D eigenvalue weighted by molar-refractivity contribution is 0.0367. The minimum atomic E-state index is -0.969. The summed E-state index contributed by atoms with van der Waals surface area (Å²) in [5.41, 5.74) is -0.000802. The first-order chi connectivity index (χ1) is 11.3. The Morgan fingerprint density at radius 3 is 2.26 bits per heavy atom. The van der Waals surface area contributed by atoms with Gasteiger partial charge in [-0.05, 0) is 44.3 Å². The molecule has 1 aromatic carbocycles. The van der Waals surface area contributed by atoms with Crippen molar-refractivity contribution >= 4 is 0 Å². The van der Waals surface area contributed by atoms with Gasteiger partial charge in [0.1, 0.15) is 0 Å². The second-order valence-corrected chi connectivity index (χ2v) is 7.11. The quantitative estimate of drug-likeness (QED) is 0.855. The summed E-state index contributed by atoms with van der Waals surface area (Å²) >= 11 is 0. The monoisotopic (exact) mass is 311 g/mol. The Balaban J connectivity index is 1.75. The highest BCUT2D eigenvalue weighted by Crippen LogP contribution is 2.40. The highest BCUT2D eigenvalue weighted by Gasteiger charge is 2.38. The molecule has 1 unspecified atom stereocenters. The second-order valence-electron chi connectivity index (χ2n) is 7.11. The molecule has 2 aliphatic rings. The molecule has 0 spiro atoms. The van der Waals surface area contributed by atoms with Gasteiger partial charge >= 0.3 is 0 Å². The standard InChI is InChI=1S/C21H29NO/c23-21(20-13-6-7-14-20,19-11-4-3-5-12-19)15-10-18-22-16-8-1-2-9-17-22/h3-5,11-12,20,23H,1-2,6-9,13-14,16-18H2. The van der Waals surface area contributed by atoms with Gasteiger partial charge in [0, 0.05) is 5.92 Å². The van der Waals surface area contributed by atoms with Crippen molar-refractivity contribution in [3.63, 3.8) is 0 Å². The van der Waals surface area contributed by atoms with Crippen molar-refractivity contribution in [3.8, 4) is 11.8 Å². The molecule has 1 saturated carbocycles. The average molecular weight is 311 g/mol. The van der Waals surface area contributed by atoms with Crippen LogP contribution in [0, 0.1) is 17.8 Å². The number of aliphatic hydroxyl groups is 1. The van der Waals surface area contributed by atoms with E-state index in [0.29, 0.717) is 0 Å². The van der Waals surface area contributed by atoms with Crippen LogP contribution in [0.5, 0.6) is 0 Å². The molecule has 1 N–H and O–H groups in total. The fourth-order valence-corrected chi connectivity index (χ4v) is 4.03. The van der Waals surface area contributed by atoms with Crippen molar-refractivity contribution in [2.45, 2.75) is 57.0 Å². The van der Waals surface area contributed by atoms with E-state index in [0.717, 1.165) is 38.0 Å². The van der Waals surface area contributed by atoms with Crippen LogP contribution in [-0.4, -0.2) is 29.6 Å².